The minimum absolute atomic E-state index is 0.0214. The van der Waals surface area contributed by atoms with Crippen molar-refractivity contribution in [1.82, 2.24) is 3.96 Å². The van der Waals surface area contributed by atoms with Crippen LogP contribution in [-0.4, -0.2) is 24.2 Å². The number of hydrogen-bond donors (Lipinski definition) is 1. The summed E-state index contributed by atoms with van der Waals surface area (Å²) in [6.45, 7) is 0.865. The summed E-state index contributed by atoms with van der Waals surface area (Å²) in [6.07, 6.45) is 0. The lowest BCUT2D eigenvalue weighted by Gasteiger charge is -2.12. The fraction of sp³-hybridized carbons (Fsp3) is 0.364. The largest absolute Gasteiger partial charge is 0.382 e. The molecule has 0 amide bonds. The molecule has 0 bridgehead atoms. The average molecular weight is 238 g/mol. The second-order valence-electron chi connectivity index (χ2n) is 3.56. The van der Waals surface area contributed by atoms with Gasteiger partial charge < -0.3 is 10.5 Å². The monoisotopic (exact) mass is 238 g/mol. The van der Waals surface area contributed by atoms with Crippen LogP contribution in [0.5, 0.6) is 0 Å². The van der Waals surface area contributed by atoms with E-state index in [-0.39, 0.29) is 11.6 Å². The number of methoxy groups -OCH3 is 1. The predicted octanol–water partition coefficient (Wildman–Crippen LogP) is 1.21. The summed E-state index contributed by atoms with van der Waals surface area (Å²) >= 11 is 1.44. The van der Waals surface area contributed by atoms with Gasteiger partial charge in [0.2, 0.25) is 0 Å². The number of hydrogen-bond acceptors (Lipinski definition) is 4. The average Bonchev–Trinajstić information content (AvgIpc) is 2.64. The van der Waals surface area contributed by atoms with E-state index in [1.165, 1.54) is 11.5 Å². The van der Waals surface area contributed by atoms with E-state index in [1.807, 2.05) is 24.3 Å². The van der Waals surface area contributed by atoms with Crippen molar-refractivity contribution in [2.24, 2.45) is 5.73 Å². The van der Waals surface area contributed by atoms with Gasteiger partial charge in [-0.05, 0) is 12.1 Å². The first kappa shape index (κ1) is 11.3. The maximum atomic E-state index is 12.1. The number of fused-ring (bicyclic) bond motifs is 1. The van der Waals surface area contributed by atoms with E-state index in [9.17, 15) is 4.79 Å². The molecule has 0 aliphatic carbocycles. The maximum absolute atomic E-state index is 12.1. The zero-order chi connectivity index (χ0) is 11.5. The maximum Gasteiger partial charge on any atom is 0.268 e. The molecule has 1 aromatic heterocycles. The number of nitrogens with two attached hydrogens (primary N) is 1. The summed E-state index contributed by atoms with van der Waals surface area (Å²) in [6, 6.07) is 7.50. The number of aromatic nitrogens is 1. The normalized spacial score (nSPS) is 13.1. The van der Waals surface area contributed by atoms with Crippen LogP contribution < -0.4 is 11.3 Å². The van der Waals surface area contributed by atoms with Crippen molar-refractivity contribution in [3.05, 3.63) is 34.6 Å². The SMILES string of the molecule is COCC(CN)n1sc2ccccc2c1=O. The molecule has 0 spiro atoms. The number of rotatable bonds is 4. The fourth-order valence-corrected chi connectivity index (χ4v) is 2.74. The van der Waals surface area contributed by atoms with Gasteiger partial charge in [0.1, 0.15) is 0 Å². The molecule has 1 heterocycles. The van der Waals surface area contributed by atoms with Gasteiger partial charge in [0, 0.05) is 13.7 Å². The third kappa shape index (κ3) is 1.89. The van der Waals surface area contributed by atoms with E-state index in [1.54, 1.807) is 11.1 Å². The van der Waals surface area contributed by atoms with Gasteiger partial charge in [-0.1, -0.05) is 23.7 Å². The molecule has 1 unspecified atom stereocenters. The zero-order valence-corrected chi connectivity index (χ0v) is 9.87. The number of ether oxygens (including phenoxy) is 1. The van der Waals surface area contributed by atoms with Gasteiger partial charge in [0.05, 0.1) is 22.7 Å². The molecule has 5 heteroatoms. The molecule has 86 valence electrons. The molecule has 16 heavy (non-hydrogen) atoms. The quantitative estimate of drug-likeness (QED) is 0.871. The van der Waals surface area contributed by atoms with Crippen molar-refractivity contribution in [3.63, 3.8) is 0 Å². The number of nitrogens with zero attached hydrogens (tertiary/aromatic N) is 1. The molecule has 1 atom stereocenters. The highest BCUT2D eigenvalue weighted by Gasteiger charge is 2.14. The van der Waals surface area contributed by atoms with Crippen molar-refractivity contribution < 1.29 is 4.74 Å². The van der Waals surface area contributed by atoms with E-state index in [0.717, 1.165) is 10.1 Å². The summed E-state index contributed by atoms with van der Waals surface area (Å²) in [5.74, 6) is 0. The van der Waals surface area contributed by atoms with E-state index < -0.39 is 0 Å². The van der Waals surface area contributed by atoms with Crippen LogP contribution in [0.1, 0.15) is 6.04 Å². The van der Waals surface area contributed by atoms with Gasteiger partial charge >= 0.3 is 0 Å². The van der Waals surface area contributed by atoms with Crippen LogP contribution in [0.3, 0.4) is 0 Å². The summed E-state index contributed by atoms with van der Waals surface area (Å²) < 4.78 is 7.76. The molecule has 0 fully saturated rings. The summed E-state index contributed by atoms with van der Waals surface area (Å²) in [5, 5.41) is 0.752. The van der Waals surface area contributed by atoms with Crippen LogP contribution in [0.2, 0.25) is 0 Å². The van der Waals surface area contributed by atoms with Gasteiger partial charge in [0.25, 0.3) is 5.56 Å². The minimum atomic E-state index is -0.0742. The van der Waals surface area contributed by atoms with Crippen LogP contribution in [-0.2, 0) is 4.74 Å². The Balaban J connectivity index is 2.52. The van der Waals surface area contributed by atoms with Crippen molar-refractivity contribution in [1.29, 1.82) is 0 Å². The highest BCUT2D eigenvalue weighted by molar-refractivity contribution is 7.13. The van der Waals surface area contributed by atoms with Gasteiger partial charge in [-0.25, -0.2) is 0 Å². The van der Waals surface area contributed by atoms with Crippen LogP contribution in [0.25, 0.3) is 10.1 Å². The molecule has 1 aromatic carbocycles. The van der Waals surface area contributed by atoms with Crippen molar-refractivity contribution in [3.8, 4) is 0 Å². The number of benzene rings is 1. The molecular weight excluding hydrogens is 224 g/mol. The molecule has 4 nitrogen and oxygen atoms in total. The molecule has 0 aliphatic rings. The third-order valence-corrected chi connectivity index (χ3v) is 3.69. The fourth-order valence-electron chi connectivity index (χ4n) is 1.65. The van der Waals surface area contributed by atoms with Crippen molar-refractivity contribution in [2.75, 3.05) is 20.3 Å². The van der Waals surface area contributed by atoms with Crippen LogP contribution in [0.15, 0.2) is 29.1 Å². The van der Waals surface area contributed by atoms with Crippen LogP contribution >= 0.6 is 11.5 Å². The second-order valence-corrected chi connectivity index (χ2v) is 4.58. The van der Waals surface area contributed by atoms with Gasteiger partial charge in [-0.15, -0.1) is 0 Å². The van der Waals surface area contributed by atoms with E-state index in [0.29, 0.717) is 13.2 Å². The Morgan fingerprint density at radius 1 is 1.50 bits per heavy atom. The smallest absolute Gasteiger partial charge is 0.268 e. The topological polar surface area (TPSA) is 57.2 Å². The summed E-state index contributed by atoms with van der Waals surface area (Å²) in [4.78, 5) is 12.1. The zero-order valence-electron chi connectivity index (χ0n) is 9.05. The minimum Gasteiger partial charge on any atom is -0.382 e. The van der Waals surface area contributed by atoms with E-state index >= 15 is 0 Å². The van der Waals surface area contributed by atoms with Gasteiger partial charge in [-0.2, -0.15) is 0 Å². The molecule has 2 aromatic rings. The summed E-state index contributed by atoms with van der Waals surface area (Å²) in [5.41, 5.74) is 5.67. The highest BCUT2D eigenvalue weighted by atomic mass is 32.1. The predicted molar refractivity (Wildman–Crippen MR) is 66.1 cm³/mol. The Morgan fingerprint density at radius 3 is 2.88 bits per heavy atom. The molecular formula is C11H14N2O2S. The lowest BCUT2D eigenvalue weighted by molar-refractivity contribution is 0.161. The Morgan fingerprint density at radius 2 is 2.25 bits per heavy atom. The summed E-state index contributed by atoms with van der Waals surface area (Å²) in [7, 11) is 1.61. The molecule has 0 radical (unpaired) electrons. The molecule has 2 N–H and O–H groups in total. The molecule has 0 saturated carbocycles. The van der Waals surface area contributed by atoms with Crippen LogP contribution in [0, 0.1) is 0 Å². The van der Waals surface area contributed by atoms with Gasteiger partial charge in [0.15, 0.2) is 0 Å². The lowest BCUT2D eigenvalue weighted by Crippen LogP contribution is -2.28. The Hall–Kier alpha value is -1.17. The second kappa shape index (κ2) is 4.78. The highest BCUT2D eigenvalue weighted by Crippen LogP contribution is 2.19. The third-order valence-electron chi connectivity index (χ3n) is 2.48. The standard InChI is InChI=1S/C11H14N2O2S/c1-15-7-8(6-12)13-11(14)9-4-2-3-5-10(9)16-13/h2-5,8H,6-7,12H2,1H3. The van der Waals surface area contributed by atoms with Crippen molar-refractivity contribution >= 4 is 21.6 Å². The first-order chi connectivity index (χ1) is 7.77. The van der Waals surface area contributed by atoms with Crippen molar-refractivity contribution in [2.45, 2.75) is 6.04 Å². The molecule has 0 aliphatic heterocycles. The lowest BCUT2D eigenvalue weighted by atomic mass is 10.3. The Bertz CT molecular complexity index is 532. The van der Waals surface area contributed by atoms with E-state index in [2.05, 4.69) is 0 Å². The van der Waals surface area contributed by atoms with E-state index in [4.69, 9.17) is 10.5 Å². The Kier molecular flexibility index (Phi) is 3.38. The van der Waals surface area contributed by atoms with Crippen LogP contribution in [0.4, 0.5) is 0 Å². The first-order valence-electron chi connectivity index (χ1n) is 5.07. The first-order valence-corrected chi connectivity index (χ1v) is 5.85. The van der Waals surface area contributed by atoms with Gasteiger partial charge in [-0.3, -0.25) is 8.75 Å². The Labute approximate surface area is 97.4 Å². The molecule has 0 saturated heterocycles. The molecule has 2 rings (SSSR count).